The van der Waals surface area contributed by atoms with E-state index in [-0.39, 0.29) is 17.3 Å². The minimum absolute atomic E-state index is 0.0945. The summed E-state index contributed by atoms with van der Waals surface area (Å²) in [6.07, 6.45) is 2.93. The van der Waals surface area contributed by atoms with Crippen molar-refractivity contribution in [2.24, 2.45) is 0 Å². The van der Waals surface area contributed by atoms with E-state index in [0.29, 0.717) is 11.4 Å². The molecule has 0 radical (unpaired) electrons. The largest absolute Gasteiger partial charge is 0.326 e. The summed E-state index contributed by atoms with van der Waals surface area (Å²) < 4.78 is 27.3. The molecule has 0 saturated heterocycles. The SMILES string of the molecule is CC(=O)Nc1ccc(-c2ccc(S(=O)(=O)NCc3ccncn3)cc2)cc1. The van der Waals surface area contributed by atoms with Crippen LogP contribution in [0.4, 0.5) is 5.69 Å². The molecule has 0 fully saturated rings. The van der Waals surface area contributed by atoms with Gasteiger partial charge in [-0.3, -0.25) is 4.79 Å². The van der Waals surface area contributed by atoms with E-state index in [1.807, 2.05) is 12.1 Å². The zero-order valence-corrected chi connectivity index (χ0v) is 15.4. The zero-order chi connectivity index (χ0) is 19.3. The molecule has 2 aromatic carbocycles. The first-order valence-electron chi connectivity index (χ1n) is 8.17. The Morgan fingerprint density at radius 3 is 2.15 bits per heavy atom. The van der Waals surface area contributed by atoms with Gasteiger partial charge in [-0.2, -0.15) is 0 Å². The second-order valence-electron chi connectivity index (χ2n) is 5.81. The molecule has 0 aliphatic heterocycles. The molecule has 0 atom stereocenters. The molecule has 8 heteroatoms. The highest BCUT2D eigenvalue weighted by molar-refractivity contribution is 7.89. The molecule has 0 aliphatic carbocycles. The number of carbonyl (C=O) groups excluding carboxylic acids is 1. The maximum Gasteiger partial charge on any atom is 0.240 e. The maximum absolute atomic E-state index is 12.4. The Balaban J connectivity index is 1.71. The highest BCUT2D eigenvalue weighted by Crippen LogP contribution is 2.23. The number of rotatable bonds is 6. The van der Waals surface area contributed by atoms with Gasteiger partial charge in [-0.05, 0) is 41.5 Å². The Morgan fingerprint density at radius 2 is 1.59 bits per heavy atom. The Bertz CT molecular complexity index is 1020. The third-order valence-corrected chi connectivity index (χ3v) is 5.21. The highest BCUT2D eigenvalue weighted by atomic mass is 32.2. The summed E-state index contributed by atoms with van der Waals surface area (Å²) in [6, 6.07) is 15.6. The fourth-order valence-electron chi connectivity index (χ4n) is 2.45. The van der Waals surface area contributed by atoms with Gasteiger partial charge in [0.05, 0.1) is 17.1 Å². The normalized spacial score (nSPS) is 11.1. The van der Waals surface area contributed by atoms with Crippen LogP contribution >= 0.6 is 0 Å². The van der Waals surface area contributed by atoms with Crippen molar-refractivity contribution in [3.05, 3.63) is 72.8 Å². The molecule has 1 aromatic heterocycles. The number of amides is 1. The molecule has 0 aliphatic rings. The van der Waals surface area contributed by atoms with Crippen LogP contribution in [0.15, 0.2) is 72.0 Å². The molecule has 0 bridgehead atoms. The number of carbonyl (C=O) groups is 1. The highest BCUT2D eigenvalue weighted by Gasteiger charge is 2.14. The molecule has 1 heterocycles. The molecule has 3 aromatic rings. The molecule has 0 unspecified atom stereocenters. The maximum atomic E-state index is 12.4. The van der Waals surface area contributed by atoms with Crippen molar-refractivity contribution in [1.82, 2.24) is 14.7 Å². The van der Waals surface area contributed by atoms with E-state index in [1.54, 1.807) is 48.7 Å². The van der Waals surface area contributed by atoms with Gasteiger partial charge in [-0.25, -0.2) is 23.1 Å². The van der Waals surface area contributed by atoms with E-state index < -0.39 is 10.0 Å². The minimum Gasteiger partial charge on any atom is -0.326 e. The fraction of sp³-hybridized carbons (Fsp3) is 0.105. The monoisotopic (exact) mass is 382 g/mol. The predicted octanol–water partition coefficient (Wildman–Crippen LogP) is 2.58. The van der Waals surface area contributed by atoms with Crippen LogP contribution in [0.25, 0.3) is 11.1 Å². The number of benzene rings is 2. The van der Waals surface area contributed by atoms with Crippen LogP contribution in [0.2, 0.25) is 0 Å². The van der Waals surface area contributed by atoms with Gasteiger partial charge in [0.2, 0.25) is 15.9 Å². The van der Waals surface area contributed by atoms with Crippen molar-refractivity contribution in [2.45, 2.75) is 18.4 Å². The summed E-state index contributed by atoms with van der Waals surface area (Å²) in [5, 5.41) is 2.70. The van der Waals surface area contributed by atoms with Gasteiger partial charge in [-0.1, -0.05) is 24.3 Å². The standard InChI is InChI=1S/C19H18N4O3S/c1-14(24)23-17-6-2-15(3-7-17)16-4-8-19(9-5-16)27(25,26)22-12-18-10-11-20-13-21-18/h2-11,13,22H,12H2,1H3,(H,23,24). The first-order chi connectivity index (χ1) is 12.9. The van der Waals surface area contributed by atoms with Crippen molar-refractivity contribution in [2.75, 3.05) is 5.32 Å². The Morgan fingerprint density at radius 1 is 0.963 bits per heavy atom. The predicted molar refractivity (Wildman–Crippen MR) is 102 cm³/mol. The number of aromatic nitrogens is 2. The third-order valence-electron chi connectivity index (χ3n) is 3.79. The van der Waals surface area contributed by atoms with Crippen LogP contribution in [-0.2, 0) is 21.4 Å². The van der Waals surface area contributed by atoms with E-state index in [4.69, 9.17) is 0 Å². The van der Waals surface area contributed by atoms with E-state index in [0.717, 1.165) is 11.1 Å². The Hall–Kier alpha value is -3.10. The van der Waals surface area contributed by atoms with Gasteiger partial charge < -0.3 is 5.32 Å². The Kier molecular flexibility index (Phi) is 5.58. The minimum atomic E-state index is -3.64. The molecule has 0 spiro atoms. The fourth-order valence-corrected chi connectivity index (χ4v) is 3.45. The molecule has 1 amide bonds. The van der Waals surface area contributed by atoms with Gasteiger partial charge in [0.1, 0.15) is 6.33 Å². The summed E-state index contributed by atoms with van der Waals surface area (Å²) in [6.45, 7) is 1.54. The van der Waals surface area contributed by atoms with E-state index in [2.05, 4.69) is 20.0 Å². The molecular weight excluding hydrogens is 364 g/mol. The second kappa shape index (κ2) is 8.07. The smallest absolute Gasteiger partial charge is 0.240 e. The molecule has 2 N–H and O–H groups in total. The van der Waals surface area contributed by atoms with Gasteiger partial charge in [-0.15, -0.1) is 0 Å². The molecule has 138 valence electrons. The number of nitrogens with zero attached hydrogens (tertiary/aromatic N) is 2. The quantitative estimate of drug-likeness (QED) is 0.682. The number of hydrogen-bond acceptors (Lipinski definition) is 5. The first-order valence-corrected chi connectivity index (χ1v) is 9.65. The van der Waals surface area contributed by atoms with Crippen LogP contribution in [-0.4, -0.2) is 24.3 Å². The molecule has 3 rings (SSSR count). The van der Waals surface area contributed by atoms with Crippen molar-refractivity contribution >= 4 is 21.6 Å². The van der Waals surface area contributed by atoms with Gasteiger partial charge in [0.25, 0.3) is 0 Å². The van der Waals surface area contributed by atoms with Crippen LogP contribution in [0, 0.1) is 0 Å². The van der Waals surface area contributed by atoms with E-state index in [9.17, 15) is 13.2 Å². The molecule has 27 heavy (non-hydrogen) atoms. The first kappa shape index (κ1) is 18.7. The van der Waals surface area contributed by atoms with E-state index >= 15 is 0 Å². The average Bonchev–Trinajstić information content (AvgIpc) is 2.68. The molecule has 7 nitrogen and oxygen atoms in total. The molecular formula is C19H18N4O3S. The molecule has 0 saturated carbocycles. The lowest BCUT2D eigenvalue weighted by Gasteiger charge is -2.08. The summed E-state index contributed by atoms with van der Waals surface area (Å²) in [7, 11) is -3.64. The van der Waals surface area contributed by atoms with Gasteiger partial charge >= 0.3 is 0 Å². The van der Waals surface area contributed by atoms with Crippen molar-refractivity contribution < 1.29 is 13.2 Å². The summed E-state index contributed by atoms with van der Waals surface area (Å²) in [5.41, 5.74) is 3.09. The van der Waals surface area contributed by atoms with Crippen LogP contribution in [0.3, 0.4) is 0 Å². The zero-order valence-electron chi connectivity index (χ0n) is 14.6. The number of nitrogens with one attached hydrogen (secondary N) is 2. The lowest BCUT2D eigenvalue weighted by Crippen LogP contribution is -2.23. The summed E-state index contributed by atoms with van der Waals surface area (Å²) >= 11 is 0. The van der Waals surface area contributed by atoms with Crippen molar-refractivity contribution in [3.63, 3.8) is 0 Å². The van der Waals surface area contributed by atoms with Crippen molar-refractivity contribution in [3.8, 4) is 11.1 Å². The lowest BCUT2D eigenvalue weighted by molar-refractivity contribution is -0.114. The van der Waals surface area contributed by atoms with Crippen LogP contribution < -0.4 is 10.0 Å². The van der Waals surface area contributed by atoms with Gasteiger partial charge in [0.15, 0.2) is 0 Å². The topological polar surface area (TPSA) is 101 Å². The third kappa shape index (κ3) is 4.96. The lowest BCUT2D eigenvalue weighted by atomic mass is 10.1. The second-order valence-corrected chi connectivity index (χ2v) is 7.58. The van der Waals surface area contributed by atoms with Crippen molar-refractivity contribution in [1.29, 1.82) is 0 Å². The van der Waals surface area contributed by atoms with Gasteiger partial charge in [0, 0.05) is 18.8 Å². The number of anilines is 1. The number of hydrogen-bond donors (Lipinski definition) is 2. The van der Waals surface area contributed by atoms with Crippen LogP contribution in [0.5, 0.6) is 0 Å². The average molecular weight is 382 g/mol. The Labute approximate surface area is 157 Å². The summed E-state index contributed by atoms with van der Waals surface area (Å²) in [4.78, 5) is 19.0. The number of sulfonamides is 1. The summed E-state index contributed by atoms with van der Waals surface area (Å²) in [5.74, 6) is -0.133. The van der Waals surface area contributed by atoms with Crippen LogP contribution in [0.1, 0.15) is 12.6 Å². The van der Waals surface area contributed by atoms with E-state index in [1.165, 1.54) is 13.3 Å².